The molecule has 0 spiro atoms. The maximum atomic E-state index is 14.9. The van der Waals surface area contributed by atoms with Gasteiger partial charge < -0.3 is 14.6 Å². The normalized spacial score (nSPS) is 21.8. The molecule has 0 radical (unpaired) electrons. The molecular formula is C27H32F5N3O2S. The molecular weight excluding hydrogens is 525 g/mol. The molecule has 5 nitrogen and oxygen atoms in total. The lowest BCUT2D eigenvalue weighted by molar-refractivity contribution is -0.137. The molecule has 2 aromatic rings. The number of halogens is 5. The van der Waals surface area contributed by atoms with Crippen molar-refractivity contribution >= 4 is 11.4 Å². The van der Waals surface area contributed by atoms with Crippen molar-refractivity contribution < 1.29 is 31.2 Å². The summed E-state index contributed by atoms with van der Waals surface area (Å²) >= 11 is -1.02. The standard InChI is InChI=1S/C27H32F5N3O2S/c28-24-13-20(19-7-11-35(12-8-19)38(36)23-5-9-33-10-6-23)14-25(29)26(24)37-22-16-34(17-22)15-18-1-3-21(4-2-18)27(30,31)32/h1-4,13-14,19,22-23,33H,5-12,15-17H2. The van der Waals surface area contributed by atoms with Gasteiger partial charge in [0.1, 0.15) is 11.4 Å². The summed E-state index contributed by atoms with van der Waals surface area (Å²) in [5, 5.41) is 3.46. The maximum Gasteiger partial charge on any atom is 0.416 e. The molecule has 38 heavy (non-hydrogen) atoms. The van der Waals surface area contributed by atoms with Crippen LogP contribution in [0.15, 0.2) is 36.4 Å². The van der Waals surface area contributed by atoms with Gasteiger partial charge in [-0.1, -0.05) is 12.1 Å². The summed E-state index contributed by atoms with van der Waals surface area (Å²) in [5.41, 5.74) is 0.624. The summed E-state index contributed by atoms with van der Waals surface area (Å²) in [4.78, 5) is 1.94. The van der Waals surface area contributed by atoms with Crippen LogP contribution in [0.5, 0.6) is 5.75 Å². The second kappa shape index (κ2) is 11.7. The van der Waals surface area contributed by atoms with Crippen molar-refractivity contribution in [2.75, 3.05) is 39.3 Å². The number of hydrogen-bond acceptors (Lipinski definition) is 5. The number of nitrogens with one attached hydrogen (secondary N) is 1. The Labute approximate surface area is 222 Å². The molecule has 0 aromatic heterocycles. The molecule has 3 aliphatic rings. The number of piperidine rings is 2. The summed E-state index contributed by atoms with van der Waals surface area (Å²) in [6.45, 7) is 4.33. The first-order valence-corrected chi connectivity index (χ1v) is 14.2. The molecule has 3 heterocycles. The van der Waals surface area contributed by atoms with Crippen LogP contribution in [0.3, 0.4) is 0 Å². The first kappa shape index (κ1) is 27.6. The Hall–Kier alpha value is -1.92. The van der Waals surface area contributed by atoms with Crippen LogP contribution < -0.4 is 10.1 Å². The molecule has 5 rings (SSSR count). The summed E-state index contributed by atoms with van der Waals surface area (Å²) in [5.74, 6) is -1.86. The van der Waals surface area contributed by atoms with Crippen molar-refractivity contribution in [3.05, 3.63) is 64.7 Å². The molecule has 208 valence electrons. The fourth-order valence-electron chi connectivity index (χ4n) is 5.45. The minimum Gasteiger partial charge on any atom is -0.598 e. The highest BCUT2D eigenvalue weighted by Crippen LogP contribution is 2.35. The quantitative estimate of drug-likeness (QED) is 0.390. The molecule has 1 unspecified atom stereocenters. The van der Waals surface area contributed by atoms with E-state index < -0.39 is 46.6 Å². The van der Waals surface area contributed by atoms with Crippen LogP contribution in [0, 0.1) is 11.6 Å². The molecule has 3 aliphatic heterocycles. The fraction of sp³-hybridized carbons (Fsp3) is 0.556. The zero-order valence-corrected chi connectivity index (χ0v) is 21.8. The lowest BCUT2D eigenvalue weighted by Gasteiger charge is -2.39. The van der Waals surface area contributed by atoms with Crippen molar-refractivity contribution in [1.82, 2.24) is 14.5 Å². The maximum absolute atomic E-state index is 14.9. The Morgan fingerprint density at radius 1 is 0.947 bits per heavy atom. The summed E-state index contributed by atoms with van der Waals surface area (Å²) in [6, 6.07) is 7.66. The second-order valence-corrected chi connectivity index (χ2v) is 12.1. The number of alkyl halides is 3. The molecule has 2 aromatic carbocycles. The fourth-order valence-corrected chi connectivity index (χ4v) is 7.09. The van der Waals surface area contributed by atoms with Gasteiger partial charge in [0.15, 0.2) is 17.4 Å². The highest BCUT2D eigenvalue weighted by molar-refractivity contribution is 7.89. The lowest BCUT2D eigenvalue weighted by atomic mass is 9.90. The average molecular weight is 558 g/mol. The smallest absolute Gasteiger partial charge is 0.416 e. The minimum absolute atomic E-state index is 0.00255. The molecule has 11 heteroatoms. The predicted octanol–water partition coefficient (Wildman–Crippen LogP) is 4.84. The second-order valence-electron chi connectivity index (χ2n) is 10.4. The molecule has 0 aliphatic carbocycles. The number of rotatable bonds is 7. The van der Waals surface area contributed by atoms with Crippen LogP contribution in [0.25, 0.3) is 0 Å². The lowest BCUT2D eigenvalue weighted by Crippen LogP contribution is -2.53. The number of nitrogens with zero attached hydrogens (tertiary/aromatic N) is 2. The van der Waals surface area contributed by atoms with Crippen molar-refractivity contribution in [2.24, 2.45) is 0 Å². The van der Waals surface area contributed by atoms with Gasteiger partial charge in [-0.3, -0.25) is 4.90 Å². The van der Waals surface area contributed by atoms with Gasteiger partial charge in [0.2, 0.25) is 0 Å². The third kappa shape index (κ3) is 6.44. The van der Waals surface area contributed by atoms with Crippen molar-refractivity contribution in [3.8, 4) is 5.75 Å². The van der Waals surface area contributed by atoms with Gasteiger partial charge in [-0.15, -0.1) is 4.31 Å². The number of ether oxygens (including phenoxy) is 1. The predicted molar refractivity (Wildman–Crippen MR) is 135 cm³/mol. The van der Waals surface area contributed by atoms with Crippen molar-refractivity contribution in [1.29, 1.82) is 0 Å². The molecule has 1 N–H and O–H groups in total. The number of benzene rings is 2. The third-order valence-electron chi connectivity index (χ3n) is 7.67. The van der Waals surface area contributed by atoms with Crippen LogP contribution in [0.4, 0.5) is 22.0 Å². The highest BCUT2D eigenvalue weighted by atomic mass is 32.2. The first-order chi connectivity index (χ1) is 18.2. The summed E-state index contributed by atoms with van der Waals surface area (Å²) < 4.78 is 88.4. The zero-order chi connectivity index (χ0) is 26.9. The minimum atomic E-state index is -4.37. The van der Waals surface area contributed by atoms with E-state index in [9.17, 15) is 26.5 Å². The van der Waals surface area contributed by atoms with Crippen molar-refractivity contribution in [3.63, 3.8) is 0 Å². The third-order valence-corrected chi connectivity index (χ3v) is 9.58. The molecule has 0 saturated carbocycles. The Bertz CT molecular complexity index is 1060. The highest BCUT2D eigenvalue weighted by Gasteiger charge is 2.35. The monoisotopic (exact) mass is 557 g/mol. The SMILES string of the molecule is [O-][S+](C1CCNCC1)N1CCC(c2cc(F)c(OC3CN(Cc4ccc(C(F)(F)F)cc4)C3)c(F)c2)CC1. The largest absolute Gasteiger partial charge is 0.598 e. The van der Waals surface area contributed by atoms with E-state index in [0.29, 0.717) is 51.1 Å². The van der Waals surface area contributed by atoms with Gasteiger partial charge in [-0.2, -0.15) is 13.2 Å². The van der Waals surface area contributed by atoms with E-state index in [2.05, 4.69) is 5.32 Å². The van der Waals surface area contributed by atoms with Gasteiger partial charge in [0, 0.05) is 56.9 Å². The Balaban J connectivity index is 1.11. The van der Waals surface area contributed by atoms with E-state index >= 15 is 0 Å². The Morgan fingerprint density at radius 2 is 1.55 bits per heavy atom. The van der Waals surface area contributed by atoms with Crippen LogP contribution in [-0.2, 0) is 24.1 Å². The van der Waals surface area contributed by atoms with E-state index in [0.717, 1.165) is 43.6 Å². The van der Waals surface area contributed by atoms with Gasteiger partial charge >= 0.3 is 6.18 Å². The Kier molecular flexibility index (Phi) is 8.49. The Morgan fingerprint density at radius 3 is 2.13 bits per heavy atom. The van der Waals surface area contributed by atoms with Gasteiger partial charge in [0.25, 0.3) is 0 Å². The van der Waals surface area contributed by atoms with Gasteiger partial charge in [-0.05, 0) is 67.2 Å². The molecule has 0 amide bonds. The van der Waals surface area contributed by atoms with Crippen LogP contribution in [0.2, 0.25) is 0 Å². The van der Waals surface area contributed by atoms with E-state index in [1.54, 1.807) is 0 Å². The molecule has 3 fully saturated rings. The van der Waals surface area contributed by atoms with E-state index in [1.807, 2.05) is 9.21 Å². The summed E-state index contributed by atoms with van der Waals surface area (Å²) in [7, 11) is 0. The van der Waals surface area contributed by atoms with Gasteiger partial charge in [0.05, 0.1) is 5.56 Å². The van der Waals surface area contributed by atoms with Crippen LogP contribution in [-0.4, -0.2) is 64.4 Å². The topological polar surface area (TPSA) is 50.8 Å². The number of hydrogen-bond donors (Lipinski definition) is 1. The van der Waals surface area contributed by atoms with Crippen LogP contribution >= 0.6 is 0 Å². The zero-order valence-electron chi connectivity index (χ0n) is 21.0. The molecule has 1 atom stereocenters. The van der Waals surface area contributed by atoms with E-state index in [-0.39, 0.29) is 11.2 Å². The molecule has 0 bridgehead atoms. The van der Waals surface area contributed by atoms with Crippen LogP contribution in [0.1, 0.15) is 48.3 Å². The first-order valence-electron chi connectivity index (χ1n) is 13.1. The van der Waals surface area contributed by atoms with E-state index in [1.165, 1.54) is 24.3 Å². The van der Waals surface area contributed by atoms with Crippen molar-refractivity contribution in [2.45, 2.75) is 55.7 Å². The van der Waals surface area contributed by atoms with Gasteiger partial charge in [-0.25, -0.2) is 8.78 Å². The molecule has 3 saturated heterocycles. The average Bonchev–Trinajstić information content (AvgIpc) is 2.89. The van der Waals surface area contributed by atoms with E-state index in [4.69, 9.17) is 4.74 Å². The number of likely N-dealkylation sites (tertiary alicyclic amines) is 1. The summed E-state index contributed by atoms with van der Waals surface area (Å²) in [6.07, 6.45) is -1.58.